The molecule has 206 valence electrons. The molecule has 35 heavy (non-hydrogen) atoms. The lowest BCUT2D eigenvalue weighted by atomic mass is 10.1. The number of rotatable bonds is 24. The Bertz CT molecular complexity index is 517. The first-order chi connectivity index (χ1) is 17.0. The molecule has 6 heteroatoms. The molecular weight excluding hydrogens is 440 g/mol. The average Bonchev–Trinajstić information content (AvgIpc) is 2.85. The number of carbonyl (C=O) groups is 3. The van der Waals surface area contributed by atoms with E-state index >= 15 is 0 Å². The fourth-order valence-corrected chi connectivity index (χ4v) is 4.30. The third kappa shape index (κ3) is 17.6. The molecule has 0 aliphatic rings. The lowest BCUT2D eigenvalue weighted by molar-refractivity contribution is -0.162. The van der Waals surface area contributed by atoms with E-state index in [9.17, 15) is 14.4 Å². The van der Waals surface area contributed by atoms with Crippen molar-refractivity contribution >= 4 is 17.8 Å². The van der Waals surface area contributed by atoms with Crippen LogP contribution in [0.4, 0.5) is 0 Å². The van der Waals surface area contributed by atoms with Crippen molar-refractivity contribution in [3.63, 3.8) is 0 Å². The number of hydrogen-bond donors (Lipinski definition) is 1. The number of unbranched alkanes of at least 4 members (excludes halogenated alkanes) is 13. The van der Waals surface area contributed by atoms with Gasteiger partial charge in [0, 0.05) is 12.8 Å². The molecule has 0 saturated carbocycles. The van der Waals surface area contributed by atoms with E-state index in [1.807, 2.05) is 0 Å². The van der Waals surface area contributed by atoms with Crippen LogP contribution in [-0.4, -0.2) is 41.9 Å². The number of amides is 2. The summed E-state index contributed by atoms with van der Waals surface area (Å²) < 4.78 is 5.58. The lowest BCUT2D eigenvalue weighted by Gasteiger charge is -2.29. The number of imide groups is 1. The van der Waals surface area contributed by atoms with Crippen LogP contribution >= 0.6 is 0 Å². The van der Waals surface area contributed by atoms with Crippen molar-refractivity contribution in [3.05, 3.63) is 0 Å². The van der Waals surface area contributed by atoms with Gasteiger partial charge in [0.1, 0.15) is 6.04 Å². The van der Waals surface area contributed by atoms with Gasteiger partial charge in [-0.1, -0.05) is 104 Å². The Balaban J connectivity index is 4.76. The number of nitrogens with two attached hydrogens (primary N) is 1. The Labute approximate surface area is 216 Å². The highest BCUT2D eigenvalue weighted by Crippen LogP contribution is 2.17. The summed E-state index contributed by atoms with van der Waals surface area (Å²) in [6.45, 7) is 7.14. The van der Waals surface area contributed by atoms with Gasteiger partial charge < -0.3 is 10.5 Å². The van der Waals surface area contributed by atoms with Crippen LogP contribution < -0.4 is 5.73 Å². The molecule has 2 amide bonds. The molecule has 0 radical (unpaired) electrons. The van der Waals surface area contributed by atoms with Gasteiger partial charge in [0.2, 0.25) is 11.8 Å². The molecule has 0 rings (SSSR count). The number of nitrogens with zero attached hydrogens (tertiary/aromatic N) is 1. The van der Waals surface area contributed by atoms with Gasteiger partial charge >= 0.3 is 5.97 Å². The first kappa shape index (κ1) is 33.6. The highest BCUT2D eigenvalue weighted by atomic mass is 16.5. The van der Waals surface area contributed by atoms with Gasteiger partial charge in [-0.3, -0.25) is 14.5 Å². The third-order valence-corrected chi connectivity index (χ3v) is 6.53. The SMILES string of the molecule is CCCCCCCCCCCCOC(=O)C(CCCN)N(C(=O)CCCCC)C(=O)CCCCC. The maximum Gasteiger partial charge on any atom is 0.329 e. The molecule has 0 aromatic carbocycles. The summed E-state index contributed by atoms with van der Waals surface area (Å²) in [6.07, 6.45) is 18.9. The average molecular weight is 497 g/mol. The molecule has 0 aliphatic heterocycles. The number of ether oxygens (including phenoxy) is 1. The van der Waals surface area contributed by atoms with Gasteiger partial charge in [0.25, 0.3) is 0 Å². The molecule has 2 N–H and O–H groups in total. The van der Waals surface area contributed by atoms with Crippen molar-refractivity contribution < 1.29 is 19.1 Å². The van der Waals surface area contributed by atoms with E-state index in [0.717, 1.165) is 57.8 Å². The Hall–Kier alpha value is -1.43. The predicted octanol–water partition coefficient (Wildman–Crippen LogP) is 7.07. The van der Waals surface area contributed by atoms with Gasteiger partial charge in [-0.05, 0) is 38.6 Å². The molecule has 0 spiro atoms. The highest BCUT2D eigenvalue weighted by molar-refractivity contribution is 5.99. The van der Waals surface area contributed by atoms with Crippen molar-refractivity contribution in [1.29, 1.82) is 0 Å². The number of carbonyl (C=O) groups excluding carboxylic acids is 3. The standard InChI is InChI=1S/C29H56N2O4/c1-4-7-10-11-12-13-14-15-16-19-25-35-29(34)26(21-20-24-30)31(27(32)22-17-8-5-2)28(33)23-18-9-6-3/h26H,4-25,30H2,1-3H3. The second kappa shape index (κ2) is 24.3. The molecule has 0 aromatic heterocycles. The van der Waals surface area contributed by atoms with Crippen LogP contribution in [0.3, 0.4) is 0 Å². The van der Waals surface area contributed by atoms with Gasteiger partial charge in [-0.25, -0.2) is 4.79 Å². The number of hydrogen-bond acceptors (Lipinski definition) is 5. The Morgan fingerprint density at radius 2 is 1.06 bits per heavy atom. The van der Waals surface area contributed by atoms with Crippen LogP contribution in [0.1, 0.15) is 149 Å². The Kier molecular flexibility index (Phi) is 23.3. The summed E-state index contributed by atoms with van der Waals surface area (Å²) in [7, 11) is 0. The molecule has 1 atom stereocenters. The minimum absolute atomic E-state index is 0.252. The predicted molar refractivity (Wildman–Crippen MR) is 145 cm³/mol. The summed E-state index contributed by atoms with van der Waals surface area (Å²) in [6, 6.07) is -0.857. The molecule has 0 saturated heterocycles. The summed E-state index contributed by atoms with van der Waals surface area (Å²) in [5.41, 5.74) is 5.70. The fraction of sp³-hybridized carbons (Fsp3) is 0.897. The van der Waals surface area contributed by atoms with Crippen molar-refractivity contribution in [2.45, 2.75) is 155 Å². The van der Waals surface area contributed by atoms with Crippen LogP contribution in [-0.2, 0) is 19.1 Å². The van der Waals surface area contributed by atoms with E-state index in [4.69, 9.17) is 10.5 Å². The smallest absolute Gasteiger partial charge is 0.329 e. The second-order valence-corrected chi connectivity index (χ2v) is 9.87. The molecule has 0 bridgehead atoms. The monoisotopic (exact) mass is 496 g/mol. The molecule has 0 heterocycles. The summed E-state index contributed by atoms with van der Waals surface area (Å²) in [5, 5.41) is 0. The first-order valence-corrected chi connectivity index (χ1v) is 14.7. The molecule has 0 fully saturated rings. The van der Waals surface area contributed by atoms with E-state index in [1.54, 1.807) is 0 Å². The van der Waals surface area contributed by atoms with E-state index in [-0.39, 0.29) is 24.7 Å². The van der Waals surface area contributed by atoms with E-state index in [2.05, 4.69) is 20.8 Å². The zero-order valence-corrected chi connectivity index (χ0v) is 23.3. The topological polar surface area (TPSA) is 89.7 Å². The largest absolute Gasteiger partial charge is 0.464 e. The zero-order valence-electron chi connectivity index (χ0n) is 23.3. The van der Waals surface area contributed by atoms with E-state index in [0.29, 0.717) is 26.0 Å². The maximum absolute atomic E-state index is 13.0. The maximum atomic E-state index is 13.0. The summed E-state index contributed by atoms with van der Waals surface area (Å²) in [4.78, 5) is 40.3. The van der Waals surface area contributed by atoms with Gasteiger partial charge in [0.15, 0.2) is 0 Å². The first-order valence-electron chi connectivity index (χ1n) is 14.7. The molecule has 0 aromatic rings. The van der Waals surface area contributed by atoms with Crippen LogP contribution in [0.5, 0.6) is 0 Å². The van der Waals surface area contributed by atoms with Gasteiger partial charge in [-0.2, -0.15) is 0 Å². The summed E-state index contributed by atoms with van der Waals surface area (Å²) in [5.74, 6) is -0.960. The van der Waals surface area contributed by atoms with Crippen LogP contribution in [0.2, 0.25) is 0 Å². The van der Waals surface area contributed by atoms with E-state index < -0.39 is 12.0 Å². The molecule has 1 unspecified atom stereocenters. The zero-order chi connectivity index (χ0) is 26.2. The van der Waals surface area contributed by atoms with Crippen LogP contribution in [0.15, 0.2) is 0 Å². The molecular formula is C29H56N2O4. The van der Waals surface area contributed by atoms with Gasteiger partial charge in [0.05, 0.1) is 6.61 Å². The Morgan fingerprint density at radius 3 is 1.51 bits per heavy atom. The van der Waals surface area contributed by atoms with Crippen molar-refractivity contribution in [2.24, 2.45) is 5.73 Å². The van der Waals surface area contributed by atoms with Gasteiger partial charge in [-0.15, -0.1) is 0 Å². The molecule has 6 nitrogen and oxygen atoms in total. The molecule has 0 aliphatic carbocycles. The normalized spacial score (nSPS) is 11.9. The number of esters is 1. The van der Waals surface area contributed by atoms with Crippen molar-refractivity contribution in [2.75, 3.05) is 13.2 Å². The van der Waals surface area contributed by atoms with E-state index in [1.165, 1.54) is 49.8 Å². The quantitative estimate of drug-likeness (QED) is 0.114. The van der Waals surface area contributed by atoms with Crippen LogP contribution in [0, 0.1) is 0 Å². The summed E-state index contributed by atoms with van der Waals surface area (Å²) >= 11 is 0. The lowest BCUT2D eigenvalue weighted by Crippen LogP contribution is -2.49. The third-order valence-electron chi connectivity index (χ3n) is 6.53. The minimum Gasteiger partial charge on any atom is -0.464 e. The highest BCUT2D eigenvalue weighted by Gasteiger charge is 2.34. The second-order valence-electron chi connectivity index (χ2n) is 9.87. The van der Waals surface area contributed by atoms with Crippen molar-refractivity contribution in [1.82, 2.24) is 4.90 Å². The minimum atomic E-state index is -0.857. The van der Waals surface area contributed by atoms with Crippen LogP contribution in [0.25, 0.3) is 0 Å². The fourth-order valence-electron chi connectivity index (χ4n) is 4.30. The Morgan fingerprint density at radius 1 is 0.629 bits per heavy atom. The van der Waals surface area contributed by atoms with Crippen molar-refractivity contribution in [3.8, 4) is 0 Å².